The number of aromatic nitrogens is 2. The number of hydrogen-bond acceptors (Lipinski definition) is 4. The number of ether oxygens (including phenoxy) is 2. The summed E-state index contributed by atoms with van der Waals surface area (Å²) in [5.41, 5.74) is 1.19. The van der Waals surface area contributed by atoms with Gasteiger partial charge in [-0.3, -0.25) is 5.32 Å². The number of hydrogen-bond donors (Lipinski definition) is 1. The minimum atomic E-state index is -0.522. The highest BCUT2D eigenvalue weighted by molar-refractivity contribution is 14.1. The molecule has 2 heterocycles. The summed E-state index contributed by atoms with van der Waals surface area (Å²) in [5.74, 6) is 0. The van der Waals surface area contributed by atoms with E-state index in [1.165, 1.54) is 0 Å². The summed E-state index contributed by atoms with van der Waals surface area (Å²) in [6.45, 7) is 6.30. The molecule has 1 saturated heterocycles. The van der Waals surface area contributed by atoms with Gasteiger partial charge in [-0.2, -0.15) is 5.10 Å². The van der Waals surface area contributed by atoms with E-state index in [0.29, 0.717) is 5.69 Å². The van der Waals surface area contributed by atoms with Gasteiger partial charge in [0.05, 0.1) is 5.52 Å². The van der Waals surface area contributed by atoms with Crippen molar-refractivity contribution in [2.75, 3.05) is 11.9 Å². The van der Waals surface area contributed by atoms with Gasteiger partial charge >= 0.3 is 6.09 Å². The highest BCUT2D eigenvalue weighted by atomic mass is 127. The van der Waals surface area contributed by atoms with Crippen LogP contribution in [0.1, 0.15) is 46.3 Å². The molecule has 1 aliphatic rings. The number of carbonyl (C=O) groups is 1. The predicted octanol–water partition coefficient (Wildman–Crippen LogP) is 4.69. The quantitative estimate of drug-likeness (QED) is 0.685. The van der Waals surface area contributed by atoms with Gasteiger partial charge in [-0.1, -0.05) is 0 Å². The van der Waals surface area contributed by atoms with Crippen LogP contribution in [0.3, 0.4) is 0 Å². The van der Waals surface area contributed by atoms with Crippen LogP contribution in [0.25, 0.3) is 10.9 Å². The predicted molar refractivity (Wildman–Crippen MR) is 101 cm³/mol. The van der Waals surface area contributed by atoms with Crippen molar-refractivity contribution in [2.45, 2.75) is 51.9 Å². The monoisotopic (exact) mass is 443 g/mol. The molecule has 130 valence electrons. The summed E-state index contributed by atoms with van der Waals surface area (Å²) >= 11 is 2.22. The van der Waals surface area contributed by atoms with Gasteiger partial charge in [0.25, 0.3) is 0 Å². The first-order valence-corrected chi connectivity index (χ1v) is 9.21. The van der Waals surface area contributed by atoms with Gasteiger partial charge in [0.15, 0.2) is 6.23 Å². The molecule has 1 amide bonds. The Morgan fingerprint density at radius 3 is 2.88 bits per heavy atom. The van der Waals surface area contributed by atoms with Crippen LogP contribution in [0, 0.1) is 3.70 Å². The van der Waals surface area contributed by atoms with Gasteiger partial charge < -0.3 is 9.47 Å². The Morgan fingerprint density at radius 1 is 1.42 bits per heavy atom. The molecule has 24 heavy (non-hydrogen) atoms. The molecular weight excluding hydrogens is 421 g/mol. The van der Waals surface area contributed by atoms with E-state index in [-0.39, 0.29) is 6.23 Å². The van der Waals surface area contributed by atoms with E-state index in [1.807, 2.05) is 43.7 Å². The van der Waals surface area contributed by atoms with Crippen molar-refractivity contribution in [3.63, 3.8) is 0 Å². The highest BCUT2D eigenvalue weighted by Crippen LogP contribution is 2.30. The molecule has 1 aromatic heterocycles. The van der Waals surface area contributed by atoms with Crippen molar-refractivity contribution in [3.8, 4) is 0 Å². The summed E-state index contributed by atoms with van der Waals surface area (Å²) < 4.78 is 14.0. The zero-order valence-corrected chi connectivity index (χ0v) is 16.3. The molecule has 0 bridgehead atoms. The average Bonchev–Trinajstić information content (AvgIpc) is 2.83. The van der Waals surface area contributed by atoms with E-state index in [9.17, 15) is 4.79 Å². The maximum atomic E-state index is 11.9. The summed E-state index contributed by atoms with van der Waals surface area (Å²) in [6.07, 6.45) is 2.77. The lowest BCUT2D eigenvalue weighted by Gasteiger charge is -2.23. The Morgan fingerprint density at radius 2 is 2.21 bits per heavy atom. The number of anilines is 1. The third-order valence-electron chi connectivity index (χ3n) is 3.73. The topological polar surface area (TPSA) is 65.4 Å². The molecule has 0 radical (unpaired) electrons. The summed E-state index contributed by atoms with van der Waals surface area (Å²) in [6, 6.07) is 5.76. The Hall–Kier alpha value is -1.35. The van der Waals surface area contributed by atoms with Crippen molar-refractivity contribution >= 4 is 45.3 Å². The van der Waals surface area contributed by atoms with Gasteiger partial charge in [-0.05, 0) is 80.8 Å². The minimum Gasteiger partial charge on any atom is -0.444 e. The van der Waals surface area contributed by atoms with Crippen molar-refractivity contribution in [3.05, 3.63) is 21.9 Å². The number of nitrogens with one attached hydrogen (secondary N) is 1. The summed E-state index contributed by atoms with van der Waals surface area (Å²) in [5, 5.41) is 8.40. The van der Waals surface area contributed by atoms with Gasteiger partial charge in [0.2, 0.25) is 0 Å². The van der Waals surface area contributed by atoms with Crippen molar-refractivity contribution in [1.82, 2.24) is 9.78 Å². The molecule has 6 nitrogen and oxygen atoms in total. The van der Waals surface area contributed by atoms with E-state index in [1.54, 1.807) is 0 Å². The molecule has 1 aromatic carbocycles. The normalized spacial score (nSPS) is 18.6. The van der Waals surface area contributed by atoms with Gasteiger partial charge in [-0.25, -0.2) is 9.48 Å². The molecule has 0 saturated carbocycles. The van der Waals surface area contributed by atoms with E-state index < -0.39 is 11.7 Å². The van der Waals surface area contributed by atoms with Crippen LogP contribution in [-0.4, -0.2) is 28.1 Å². The van der Waals surface area contributed by atoms with Crippen LogP contribution in [0.2, 0.25) is 0 Å². The molecule has 0 aliphatic carbocycles. The number of halogens is 1. The van der Waals surface area contributed by atoms with Crippen LogP contribution < -0.4 is 5.32 Å². The standard InChI is InChI=1S/C17H22IN3O3/c1-17(2,3)24-16(22)19-11-7-8-13-12(10-11)15(18)20-21(13)14-6-4-5-9-23-14/h7-8,10,14H,4-6,9H2,1-3H3,(H,19,22). The minimum absolute atomic E-state index is 0.00516. The van der Waals surface area contributed by atoms with Crippen LogP contribution in [0.15, 0.2) is 18.2 Å². The Kier molecular flexibility index (Phi) is 5.00. The third-order valence-corrected chi connectivity index (χ3v) is 4.53. The second-order valence-corrected chi connectivity index (χ2v) is 7.94. The lowest BCUT2D eigenvalue weighted by atomic mass is 10.2. The first-order chi connectivity index (χ1) is 11.3. The smallest absolute Gasteiger partial charge is 0.412 e. The summed E-state index contributed by atoms with van der Waals surface area (Å²) in [4.78, 5) is 11.9. The molecule has 0 spiro atoms. The van der Waals surface area contributed by atoms with Crippen LogP contribution in [0.5, 0.6) is 0 Å². The lowest BCUT2D eigenvalue weighted by Crippen LogP contribution is -2.27. The maximum Gasteiger partial charge on any atom is 0.412 e. The van der Waals surface area contributed by atoms with Crippen molar-refractivity contribution in [2.24, 2.45) is 0 Å². The molecule has 1 N–H and O–H groups in total. The van der Waals surface area contributed by atoms with Gasteiger partial charge in [0, 0.05) is 17.7 Å². The van der Waals surface area contributed by atoms with Crippen molar-refractivity contribution < 1.29 is 14.3 Å². The van der Waals surface area contributed by atoms with Crippen LogP contribution >= 0.6 is 22.6 Å². The lowest BCUT2D eigenvalue weighted by molar-refractivity contribution is -0.0368. The number of amides is 1. The molecule has 1 atom stereocenters. The van der Waals surface area contributed by atoms with Crippen molar-refractivity contribution in [1.29, 1.82) is 0 Å². The Bertz CT molecular complexity index is 745. The first-order valence-electron chi connectivity index (χ1n) is 8.13. The fourth-order valence-electron chi connectivity index (χ4n) is 2.74. The number of carbonyl (C=O) groups excluding carboxylic acids is 1. The Labute approximate surface area is 155 Å². The molecule has 3 rings (SSSR count). The van der Waals surface area contributed by atoms with E-state index >= 15 is 0 Å². The number of fused-ring (bicyclic) bond motifs is 1. The SMILES string of the molecule is CC(C)(C)OC(=O)Nc1ccc2c(c1)c(I)nn2C1CCCCO1. The van der Waals surface area contributed by atoms with E-state index in [4.69, 9.17) is 9.47 Å². The zero-order chi connectivity index (χ0) is 17.3. The van der Waals surface area contributed by atoms with Gasteiger partial charge in [-0.15, -0.1) is 0 Å². The highest BCUT2D eigenvalue weighted by Gasteiger charge is 2.21. The summed E-state index contributed by atoms with van der Waals surface area (Å²) in [7, 11) is 0. The number of rotatable bonds is 2. The van der Waals surface area contributed by atoms with E-state index in [2.05, 4.69) is 33.0 Å². The molecule has 1 aliphatic heterocycles. The fourth-order valence-corrected chi connectivity index (χ4v) is 3.40. The molecule has 1 unspecified atom stereocenters. The molecule has 2 aromatic rings. The average molecular weight is 443 g/mol. The molecular formula is C17H22IN3O3. The number of nitrogens with zero attached hydrogens (tertiary/aromatic N) is 2. The van der Waals surface area contributed by atoms with Gasteiger partial charge in [0.1, 0.15) is 9.30 Å². The second kappa shape index (κ2) is 6.87. The number of benzene rings is 1. The molecule has 7 heteroatoms. The fraction of sp³-hybridized carbons (Fsp3) is 0.529. The Balaban J connectivity index is 1.84. The van der Waals surface area contributed by atoms with Crippen LogP contribution in [-0.2, 0) is 9.47 Å². The zero-order valence-electron chi connectivity index (χ0n) is 14.1. The second-order valence-electron chi connectivity index (χ2n) is 6.92. The maximum absolute atomic E-state index is 11.9. The van der Waals surface area contributed by atoms with E-state index in [0.717, 1.165) is 40.5 Å². The molecule has 1 fully saturated rings. The third kappa shape index (κ3) is 4.00. The largest absolute Gasteiger partial charge is 0.444 e. The van der Waals surface area contributed by atoms with Crippen LogP contribution in [0.4, 0.5) is 10.5 Å². The first kappa shape index (κ1) is 17.5.